The van der Waals surface area contributed by atoms with Gasteiger partial charge in [0.2, 0.25) is 5.91 Å². The third-order valence-corrected chi connectivity index (χ3v) is 5.11. The number of fused-ring (bicyclic) bond motifs is 1. The first-order valence-electron chi connectivity index (χ1n) is 7.51. The van der Waals surface area contributed by atoms with Crippen molar-refractivity contribution in [3.63, 3.8) is 0 Å². The fourth-order valence-electron chi connectivity index (χ4n) is 3.80. The molecule has 2 aliphatic rings. The van der Waals surface area contributed by atoms with Gasteiger partial charge in [0.05, 0.1) is 12.0 Å². The van der Waals surface area contributed by atoms with Crippen molar-refractivity contribution in [1.29, 1.82) is 0 Å². The molecule has 1 heterocycles. The first-order valence-corrected chi connectivity index (χ1v) is 7.88. The number of carbonyl (C=O) groups is 2. The molecule has 6 heteroatoms. The average molecular weight is 323 g/mol. The first-order chi connectivity index (χ1) is 10.5. The molecule has 0 bridgehead atoms. The minimum Gasteiger partial charge on any atom is -0.481 e. The lowest BCUT2D eigenvalue weighted by molar-refractivity contribution is -0.149. The fourth-order valence-corrected chi connectivity index (χ4v) is 3.93. The molecule has 1 aromatic carbocycles. The van der Waals surface area contributed by atoms with E-state index in [1.165, 1.54) is 0 Å². The van der Waals surface area contributed by atoms with Gasteiger partial charge in [0.25, 0.3) is 0 Å². The molecule has 0 spiro atoms. The summed E-state index contributed by atoms with van der Waals surface area (Å²) in [7, 11) is 0. The zero-order chi connectivity index (χ0) is 15.7. The zero-order valence-corrected chi connectivity index (χ0v) is 13.0. The molecular weight excluding hydrogens is 304 g/mol. The number of nitrogens with one attached hydrogen (secondary N) is 1. The standard InChI is InChI=1S/C16H19ClN2O3/c17-12-3-5-13(6-4-12)18-14(20)9-19-8-11-2-1-7-16(11,10-19)15(21)22/h3-6,11H,1-2,7-10H2,(H,18,20)(H,21,22)/t11-,16+/m0/s1. The third kappa shape index (κ3) is 2.83. The number of carbonyl (C=O) groups excluding carboxylic acids is 1. The number of hydrogen-bond donors (Lipinski definition) is 2. The number of likely N-dealkylation sites (tertiary alicyclic amines) is 1. The molecule has 1 saturated carbocycles. The lowest BCUT2D eigenvalue weighted by Gasteiger charge is -2.23. The van der Waals surface area contributed by atoms with Crippen LogP contribution in [-0.4, -0.2) is 41.5 Å². The van der Waals surface area contributed by atoms with E-state index >= 15 is 0 Å². The lowest BCUT2D eigenvalue weighted by Crippen LogP contribution is -2.37. The van der Waals surface area contributed by atoms with Crippen LogP contribution in [0.25, 0.3) is 0 Å². The van der Waals surface area contributed by atoms with E-state index in [0.29, 0.717) is 23.8 Å². The molecule has 1 aliphatic heterocycles. The molecular formula is C16H19ClN2O3. The highest BCUT2D eigenvalue weighted by Gasteiger charge is 2.54. The van der Waals surface area contributed by atoms with Crippen LogP contribution in [0.4, 0.5) is 5.69 Å². The molecule has 3 rings (SSSR count). The average Bonchev–Trinajstić information content (AvgIpc) is 2.99. The number of benzene rings is 1. The summed E-state index contributed by atoms with van der Waals surface area (Å²) in [6, 6.07) is 6.93. The van der Waals surface area contributed by atoms with E-state index in [2.05, 4.69) is 5.32 Å². The third-order valence-electron chi connectivity index (χ3n) is 4.86. The predicted molar refractivity (Wildman–Crippen MR) is 83.9 cm³/mol. The van der Waals surface area contributed by atoms with Crippen molar-refractivity contribution in [2.45, 2.75) is 19.3 Å². The van der Waals surface area contributed by atoms with E-state index in [1.807, 2.05) is 4.90 Å². The van der Waals surface area contributed by atoms with Gasteiger partial charge in [0.1, 0.15) is 0 Å². The summed E-state index contributed by atoms with van der Waals surface area (Å²) in [5.41, 5.74) is 0.0577. The van der Waals surface area contributed by atoms with Crippen LogP contribution in [0.5, 0.6) is 0 Å². The van der Waals surface area contributed by atoms with Crippen LogP contribution < -0.4 is 5.32 Å². The zero-order valence-electron chi connectivity index (χ0n) is 12.2. The number of hydrogen-bond acceptors (Lipinski definition) is 3. The Labute approximate surface area is 134 Å². The van der Waals surface area contributed by atoms with Gasteiger partial charge in [0.15, 0.2) is 0 Å². The first kappa shape index (κ1) is 15.3. The summed E-state index contributed by atoms with van der Waals surface area (Å²) in [6.45, 7) is 1.40. The number of rotatable bonds is 4. The monoisotopic (exact) mass is 322 g/mol. The second kappa shape index (κ2) is 5.89. The van der Waals surface area contributed by atoms with Crippen LogP contribution in [0, 0.1) is 11.3 Å². The van der Waals surface area contributed by atoms with Crippen molar-refractivity contribution < 1.29 is 14.7 Å². The number of nitrogens with zero attached hydrogens (tertiary/aromatic N) is 1. The van der Waals surface area contributed by atoms with Crippen molar-refractivity contribution in [3.05, 3.63) is 29.3 Å². The molecule has 5 nitrogen and oxygen atoms in total. The van der Waals surface area contributed by atoms with Crippen LogP contribution in [-0.2, 0) is 9.59 Å². The van der Waals surface area contributed by atoms with E-state index in [9.17, 15) is 14.7 Å². The molecule has 118 valence electrons. The van der Waals surface area contributed by atoms with E-state index in [-0.39, 0.29) is 18.4 Å². The van der Waals surface area contributed by atoms with Crippen molar-refractivity contribution in [3.8, 4) is 0 Å². The Morgan fingerprint density at radius 3 is 2.73 bits per heavy atom. The molecule has 0 aromatic heterocycles. The molecule has 2 N–H and O–H groups in total. The van der Waals surface area contributed by atoms with Gasteiger partial charge >= 0.3 is 5.97 Å². The summed E-state index contributed by atoms with van der Waals surface area (Å²) in [5.74, 6) is -0.660. The van der Waals surface area contributed by atoms with E-state index in [1.54, 1.807) is 24.3 Å². The summed E-state index contributed by atoms with van der Waals surface area (Å²) >= 11 is 5.81. The topological polar surface area (TPSA) is 69.6 Å². The van der Waals surface area contributed by atoms with Gasteiger partial charge in [-0.1, -0.05) is 18.0 Å². The van der Waals surface area contributed by atoms with Crippen molar-refractivity contribution in [1.82, 2.24) is 4.90 Å². The van der Waals surface area contributed by atoms with Gasteiger partial charge in [-0.05, 0) is 43.0 Å². The Balaban J connectivity index is 1.59. The van der Waals surface area contributed by atoms with Crippen LogP contribution in [0.15, 0.2) is 24.3 Å². The van der Waals surface area contributed by atoms with E-state index in [0.717, 1.165) is 19.3 Å². The molecule has 1 aromatic rings. The SMILES string of the molecule is O=C(CN1C[C@@H]2CCC[C@@]2(C(=O)O)C1)Nc1ccc(Cl)cc1. The van der Waals surface area contributed by atoms with Gasteiger partial charge < -0.3 is 10.4 Å². The van der Waals surface area contributed by atoms with Gasteiger partial charge in [0, 0.05) is 23.8 Å². The molecule has 1 amide bonds. The minimum absolute atomic E-state index is 0.122. The molecule has 1 aliphatic carbocycles. The summed E-state index contributed by atoms with van der Waals surface area (Å²) in [5, 5.41) is 13.0. The Kier molecular flexibility index (Phi) is 4.10. The second-order valence-corrected chi connectivity index (χ2v) is 6.71. The van der Waals surface area contributed by atoms with E-state index in [4.69, 9.17) is 11.6 Å². The smallest absolute Gasteiger partial charge is 0.311 e. The van der Waals surface area contributed by atoms with Crippen LogP contribution >= 0.6 is 11.6 Å². The Morgan fingerprint density at radius 1 is 1.36 bits per heavy atom. The highest BCUT2D eigenvalue weighted by Crippen LogP contribution is 2.48. The van der Waals surface area contributed by atoms with Gasteiger partial charge in [-0.25, -0.2) is 0 Å². The Hall–Kier alpha value is -1.59. The van der Waals surface area contributed by atoms with Crippen molar-refractivity contribution >= 4 is 29.2 Å². The van der Waals surface area contributed by atoms with Crippen LogP contribution in [0.1, 0.15) is 19.3 Å². The molecule has 2 atom stereocenters. The quantitative estimate of drug-likeness (QED) is 0.893. The minimum atomic E-state index is -0.712. The van der Waals surface area contributed by atoms with Crippen LogP contribution in [0.3, 0.4) is 0 Å². The Bertz CT molecular complexity index is 590. The number of halogens is 1. The highest BCUT2D eigenvalue weighted by molar-refractivity contribution is 6.30. The molecule has 0 unspecified atom stereocenters. The van der Waals surface area contributed by atoms with Crippen molar-refractivity contribution in [2.24, 2.45) is 11.3 Å². The summed E-state index contributed by atoms with van der Waals surface area (Å²) in [6.07, 6.45) is 2.64. The number of carboxylic acid groups (broad SMARTS) is 1. The maximum absolute atomic E-state index is 12.1. The van der Waals surface area contributed by atoms with Gasteiger partial charge in [-0.15, -0.1) is 0 Å². The normalized spacial score (nSPS) is 27.6. The van der Waals surface area contributed by atoms with Crippen LogP contribution in [0.2, 0.25) is 5.02 Å². The maximum atomic E-state index is 12.1. The van der Waals surface area contributed by atoms with Crippen molar-refractivity contribution in [2.75, 3.05) is 25.0 Å². The van der Waals surface area contributed by atoms with E-state index < -0.39 is 11.4 Å². The number of carboxylic acids is 1. The lowest BCUT2D eigenvalue weighted by atomic mass is 9.81. The number of amides is 1. The largest absolute Gasteiger partial charge is 0.481 e. The maximum Gasteiger partial charge on any atom is 0.311 e. The predicted octanol–water partition coefficient (Wildman–Crippen LogP) is 2.47. The second-order valence-electron chi connectivity index (χ2n) is 6.28. The summed E-state index contributed by atoms with van der Waals surface area (Å²) in [4.78, 5) is 25.7. The van der Waals surface area contributed by atoms with Gasteiger partial charge in [-0.2, -0.15) is 0 Å². The van der Waals surface area contributed by atoms with Gasteiger partial charge in [-0.3, -0.25) is 14.5 Å². The molecule has 22 heavy (non-hydrogen) atoms. The molecule has 2 fully saturated rings. The molecule has 0 radical (unpaired) electrons. The molecule has 1 saturated heterocycles. The number of anilines is 1. The highest BCUT2D eigenvalue weighted by atomic mass is 35.5. The number of aliphatic carboxylic acids is 1. The Morgan fingerprint density at radius 2 is 2.09 bits per heavy atom. The fraction of sp³-hybridized carbons (Fsp3) is 0.500. The summed E-state index contributed by atoms with van der Waals surface area (Å²) < 4.78 is 0.